The van der Waals surface area contributed by atoms with Crippen molar-refractivity contribution < 1.29 is 14.2 Å². The summed E-state index contributed by atoms with van der Waals surface area (Å²) in [5, 5.41) is 18.1. The fourth-order valence-corrected chi connectivity index (χ4v) is 2.86. The molecule has 0 aromatic heterocycles. The molecule has 0 heterocycles. The summed E-state index contributed by atoms with van der Waals surface area (Å²) in [6.45, 7) is -0.123. The Bertz CT molecular complexity index is 1100. The average molecular weight is 448 g/mol. The largest absolute Gasteiger partial charge is 0.484 e. The molecular weight excluding hydrogens is 435 g/mol. The van der Waals surface area contributed by atoms with Crippen molar-refractivity contribution in [1.82, 2.24) is 0 Å². The predicted octanol–water partition coefficient (Wildman–Crippen LogP) is 6.75. The van der Waals surface area contributed by atoms with Crippen LogP contribution < -0.4 is 14.2 Å². The van der Waals surface area contributed by atoms with Crippen molar-refractivity contribution in [3.05, 3.63) is 81.3 Å². The number of nitriles is 1. The van der Waals surface area contributed by atoms with Crippen LogP contribution in [0.3, 0.4) is 0 Å². The Kier molecular flexibility index (Phi) is 6.84. The highest BCUT2D eigenvalue weighted by molar-refractivity contribution is 6.32. The Labute approximate surface area is 182 Å². The molecule has 0 saturated heterocycles. The normalized spacial score (nSPS) is 10.1. The number of benzene rings is 3. The van der Waals surface area contributed by atoms with Gasteiger partial charge in [-0.15, -0.1) is 0 Å². The van der Waals surface area contributed by atoms with Crippen molar-refractivity contribution in [3.8, 4) is 29.1 Å². The summed E-state index contributed by atoms with van der Waals surface area (Å²) in [6, 6.07) is 18.3. The molecule has 0 aliphatic rings. The summed E-state index contributed by atoms with van der Waals surface area (Å²) in [4.78, 5) is 0. The lowest BCUT2D eigenvalue weighted by Crippen LogP contribution is -2.17. The highest BCUT2D eigenvalue weighted by Crippen LogP contribution is 2.34. The third kappa shape index (κ3) is 5.78. The highest BCUT2D eigenvalue weighted by atomic mass is 35.5. The second kappa shape index (κ2) is 9.53. The van der Waals surface area contributed by atoms with Crippen LogP contribution in [-0.4, -0.2) is 12.5 Å². The monoisotopic (exact) mass is 446 g/mol. The van der Waals surface area contributed by atoms with Gasteiger partial charge in [0.1, 0.15) is 23.0 Å². The van der Waals surface area contributed by atoms with Gasteiger partial charge in [-0.05, 0) is 42.5 Å². The van der Waals surface area contributed by atoms with E-state index in [0.29, 0.717) is 43.6 Å². The number of halogens is 3. The number of hydrogen-bond acceptors (Lipinski definition) is 5. The smallest absolute Gasteiger partial charge is 0.225 e. The van der Waals surface area contributed by atoms with Crippen LogP contribution in [0.1, 0.15) is 5.56 Å². The van der Waals surface area contributed by atoms with Gasteiger partial charge in [0.25, 0.3) is 0 Å². The Morgan fingerprint density at radius 3 is 2.41 bits per heavy atom. The van der Waals surface area contributed by atoms with E-state index in [1.54, 1.807) is 54.6 Å². The molecule has 3 aromatic carbocycles. The van der Waals surface area contributed by atoms with E-state index < -0.39 is 0 Å². The molecule has 0 amide bonds. The van der Waals surface area contributed by atoms with Crippen LogP contribution in [0, 0.1) is 16.7 Å². The zero-order valence-corrected chi connectivity index (χ0v) is 17.1. The lowest BCUT2D eigenvalue weighted by atomic mass is 10.2. The average Bonchev–Trinajstić information content (AvgIpc) is 2.70. The molecule has 146 valence electrons. The lowest BCUT2D eigenvalue weighted by molar-refractivity contribution is 0.344. The molecule has 0 atom stereocenters. The van der Waals surface area contributed by atoms with Gasteiger partial charge in [-0.2, -0.15) is 5.26 Å². The van der Waals surface area contributed by atoms with E-state index in [0.717, 1.165) is 0 Å². The Balaban J connectivity index is 1.67. The molecule has 0 spiro atoms. The summed E-state index contributed by atoms with van der Waals surface area (Å²) in [6.07, 6.45) is 0. The van der Waals surface area contributed by atoms with Gasteiger partial charge in [-0.25, -0.2) is 0 Å². The number of nitrogens with one attached hydrogen (secondary N) is 1. The summed E-state index contributed by atoms with van der Waals surface area (Å²) in [7, 11) is 0. The molecule has 0 fully saturated rings. The third-order valence-corrected chi connectivity index (χ3v) is 4.41. The molecule has 3 rings (SSSR count). The molecule has 0 saturated carbocycles. The second-order valence-corrected chi connectivity index (χ2v) is 6.98. The van der Waals surface area contributed by atoms with Crippen LogP contribution in [0.4, 0.5) is 0 Å². The van der Waals surface area contributed by atoms with E-state index in [2.05, 4.69) is 0 Å². The van der Waals surface area contributed by atoms with Crippen LogP contribution in [-0.2, 0) is 0 Å². The van der Waals surface area contributed by atoms with Crippen molar-refractivity contribution >= 4 is 40.7 Å². The minimum Gasteiger partial charge on any atom is -0.484 e. The number of hydrogen-bond donors (Lipinski definition) is 1. The second-order valence-electron chi connectivity index (χ2n) is 5.73. The Hall–Kier alpha value is -2.91. The van der Waals surface area contributed by atoms with E-state index in [1.807, 2.05) is 6.07 Å². The fraction of sp³-hybridized carbons (Fsp3) is 0.0476. The van der Waals surface area contributed by atoms with E-state index >= 15 is 0 Å². The molecule has 0 unspecified atom stereocenters. The van der Waals surface area contributed by atoms with E-state index in [-0.39, 0.29) is 12.5 Å². The highest BCUT2D eigenvalue weighted by Gasteiger charge is 2.10. The molecular formula is C21H13Cl3N2O3. The molecule has 8 heteroatoms. The topological polar surface area (TPSA) is 75.3 Å². The number of para-hydroxylation sites is 1. The SMILES string of the molecule is N#Cc1cc(Cl)cc(Oc2cc(OCC(=N)Oc3ccccc3Cl)ccc2Cl)c1. The van der Waals surface area contributed by atoms with Crippen molar-refractivity contribution in [2.24, 2.45) is 0 Å². The van der Waals surface area contributed by atoms with Crippen LogP contribution in [0.25, 0.3) is 0 Å². The van der Waals surface area contributed by atoms with E-state index in [4.69, 9.17) is 59.7 Å². The standard InChI is InChI=1S/C21H13Cl3N2O3/c22-14-7-13(11-25)8-16(9-14)28-20-10-15(5-6-18(20)24)27-12-21(26)29-19-4-2-1-3-17(19)23/h1-10,26H,12H2. The maximum Gasteiger partial charge on any atom is 0.225 e. The molecule has 0 radical (unpaired) electrons. The summed E-state index contributed by atoms with van der Waals surface area (Å²) < 4.78 is 16.7. The first-order chi connectivity index (χ1) is 13.9. The van der Waals surface area contributed by atoms with Gasteiger partial charge < -0.3 is 14.2 Å². The van der Waals surface area contributed by atoms with E-state index in [9.17, 15) is 0 Å². The molecule has 0 aliphatic carbocycles. The first-order valence-electron chi connectivity index (χ1n) is 8.25. The van der Waals surface area contributed by atoms with Gasteiger partial charge in [0.2, 0.25) is 5.90 Å². The van der Waals surface area contributed by atoms with Gasteiger partial charge in [-0.3, -0.25) is 5.41 Å². The molecule has 0 bridgehead atoms. The minimum atomic E-state index is -0.123. The van der Waals surface area contributed by atoms with Crippen molar-refractivity contribution in [2.45, 2.75) is 0 Å². The van der Waals surface area contributed by atoms with Crippen molar-refractivity contribution in [1.29, 1.82) is 10.7 Å². The Morgan fingerprint density at radius 2 is 1.66 bits per heavy atom. The zero-order chi connectivity index (χ0) is 20.8. The van der Waals surface area contributed by atoms with Gasteiger partial charge in [0.15, 0.2) is 6.61 Å². The summed E-state index contributed by atoms with van der Waals surface area (Å²) in [5.41, 5.74) is 0.362. The minimum absolute atomic E-state index is 0.121. The molecule has 29 heavy (non-hydrogen) atoms. The summed E-state index contributed by atoms with van der Waals surface area (Å²) in [5.74, 6) is 1.34. The van der Waals surface area contributed by atoms with Crippen LogP contribution in [0.5, 0.6) is 23.0 Å². The number of nitrogens with zero attached hydrogens (tertiary/aromatic N) is 1. The first kappa shape index (κ1) is 20.8. The maximum absolute atomic E-state index is 9.05. The van der Waals surface area contributed by atoms with Gasteiger partial charge in [-0.1, -0.05) is 46.9 Å². The van der Waals surface area contributed by atoms with Crippen molar-refractivity contribution in [3.63, 3.8) is 0 Å². The molecule has 1 N–H and O–H groups in total. The predicted molar refractivity (Wildman–Crippen MR) is 113 cm³/mol. The maximum atomic E-state index is 9.05. The Morgan fingerprint density at radius 1 is 0.897 bits per heavy atom. The molecule has 0 aliphatic heterocycles. The van der Waals surface area contributed by atoms with Crippen LogP contribution in [0.15, 0.2) is 60.7 Å². The van der Waals surface area contributed by atoms with Gasteiger partial charge >= 0.3 is 0 Å². The number of rotatable bonds is 6. The lowest BCUT2D eigenvalue weighted by Gasteiger charge is -2.12. The third-order valence-electron chi connectivity index (χ3n) is 3.57. The van der Waals surface area contributed by atoms with Gasteiger partial charge in [0, 0.05) is 11.1 Å². The van der Waals surface area contributed by atoms with Crippen LogP contribution in [0.2, 0.25) is 15.1 Å². The fourth-order valence-electron chi connectivity index (χ4n) is 2.30. The first-order valence-corrected chi connectivity index (χ1v) is 9.38. The van der Waals surface area contributed by atoms with Crippen molar-refractivity contribution in [2.75, 3.05) is 6.61 Å². The van der Waals surface area contributed by atoms with Crippen LogP contribution >= 0.6 is 34.8 Å². The zero-order valence-electron chi connectivity index (χ0n) is 14.8. The number of ether oxygens (including phenoxy) is 3. The molecule has 5 nitrogen and oxygen atoms in total. The molecule has 3 aromatic rings. The van der Waals surface area contributed by atoms with Gasteiger partial charge in [0.05, 0.1) is 21.7 Å². The quantitative estimate of drug-likeness (QED) is 0.335. The van der Waals surface area contributed by atoms with E-state index in [1.165, 1.54) is 6.07 Å². The summed E-state index contributed by atoms with van der Waals surface area (Å²) >= 11 is 18.2.